The minimum absolute atomic E-state index is 0.0990. The molecule has 0 fully saturated rings. The topological polar surface area (TPSA) is 75.8 Å². The summed E-state index contributed by atoms with van der Waals surface area (Å²) in [5.74, 6) is -0.251. The van der Waals surface area contributed by atoms with E-state index in [0.29, 0.717) is 11.3 Å². The number of aryl methyl sites for hydroxylation is 1. The average molecular weight is 358 g/mol. The molecule has 0 saturated heterocycles. The Kier molecular flexibility index (Phi) is 4.63. The van der Waals surface area contributed by atoms with Crippen LogP contribution in [0.15, 0.2) is 47.6 Å². The van der Waals surface area contributed by atoms with Gasteiger partial charge >= 0.3 is 0 Å². The zero-order chi connectivity index (χ0) is 18.0. The minimum atomic E-state index is -0.344. The fourth-order valence-corrected chi connectivity index (χ4v) is 2.76. The Balaban J connectivity index is 1.79. The van der Waals surface area contributed by atoms with Crippen molar-refractivity contribution in [3.05, 3.63) is 58.7 Å². The van der Waals surface area contributed by atoms with E-state index >= 15 is 0 Å². The molecule has 0 aliphatic rings. The number of ether oxygens (including phenoxy) is 1. The molecule has 0 atom stereocenters. The Morgan fingerprint density at radius 1 is 1.32 bits per heavy atom. The number of amides is 1. The number of benzene rings is 2. The van der Waals surface area contributed by atoms with Crippen LogP contribution in [0.1, 0.15) is 16.1 Å². The summed E-state index contributed by atoms with van der Waals surface area (Å²) >= 11 is 6.05. The van der Waals surface area contributed by atoms with Crippen molar-refractivity contribution >= 4 is 34.6 Å². The van der Waals surface area contributed by atoms with Gasteiger partial charge in [-0.2, -0.15) is 5.10 Å². The number of hydrogen-bond acceptors (Lipinski definition) is 4. The Labute approximate surface area is 149 Å². The fourth-order valence-electron chi connectivity index (χ4n) is 2.55. The molecule has 3 aromatic rings. The highest BCUT2D eigenvalue weighted by Crippen LogP contribution is 2.35. The van der Waals surface area contributed by atoms with Crippen molar-refractivity contribution in [1.82, 2.24) is 9.99 Å². The van der Waals surface area contributed by atoms with Gasteiger partial charge < -0.3 is 14.4 Å². The molecule has 3 rings (SSSR count). The van der Waals surface area contributed by atoms with E-state index < -0.39 is 0 Å². The fraction of sp³-hybridized carbons (Fsp3) is 0.111. The number of halogens is 1. The van der Waals surface area contributed by atoms with Gasteiger partial charge in [-0.15, -0.1) is 0 Å². The van der Waals surface area contributed by atoms with Gasteiger partial charge in [0.15, 0.2) is 11.5 Å². The summed E-state index contributed by atoms with van der Waals surface area (Å²) < 4.78 is 6.77. The number of fused-ring (bicyclic) bond motifs is 1. The molecule has 0 saturated carbocycles. The monoisotopic (exact) mass is 357 g/mol. The molecular formula is C18H16ClN3O3. The van der Waals surface area contributed by atoms with Gasteiger partial charge in [0.1, 0.15) is 5.69 Å². The van der Waals surface area contributed by atoms with E-state index in [-0.39, 0.29) is 22.4 Å². The number of carbonyl (C=O) groups excluding carboxylic acids is 1. The van der Waals surface area contributed by atoms with Crippen molar-refractivity contribution in [1.29, 1.82) is 0 Å². The van der Waals surface area contributed by atoms with Crippen LogP contribution >= 0.6 is 11.6 Å². The number of hydrogen-bond donors (Lipinski definition) is 2. The molecule has 1 amide bonds. The number of nitrogens with one attached hydrogen (secondary N) is 1. The molecule has 6 nitrogen and oxygen atoms in total. The van der Waals surface area contributed by atoms with Crippen LogP contribution in [0.4, 0.5) is 0 Å². The summed E-state index contributed by atoms with van der Waals surface area (Å²) in [6.07, 6.45) is 1.36. The second kappa shape index (κ2) is 6.86. The van der Waals surface area contributed by atoms with E-state index in [1.165, 1.54) is 13.3 Å². The summed E-state index contributed by atoms with van der Waals surface area (Å²) in [4.78, 5) is 12.3. The molecule has 128 valence electrons. The lowest BCUT2D eigenvalue weighted by Crippen LogP contribution is -2.20. The highest BCUT2D eigenvalue weighted by atomic mass is 35.5. The van der Waals surface area contributed by atoms with Crippen molar-refractivity contribution in [2.45, 2.75) is 0 Å². The third-order valence-corrected chi connectivity index (χ3v) is 4.28. The molecule has 0 bridgehead atoms. The molecule has 25 heavy (non-hydrogen) atoms. The first-order valence-corrected chi connectivity index (χ1v) is 7.84. The number of aromatic nitrogens is 1. The van der Waals surface area contributed by atoms with Gasteiger partial charge in [0, 0.05) is 23.5 Å². The van der Waals surface area contributed by atoms with Crippen LogP contribution in [0.2, 0.25) is 5.02 Å². The van der Waals surface area contributed by atoms with E-state index in [0.717, 1.165) is 10.9 Å². The highest BCUT2D eigenvalue weighted by Gasteiger charge is 2.13. The molecule has 2 N–H and O–H groups in total. The van der Waals surface area contributed by atoms with Crippen LogP contribution in [0.25, 0.3) is 10.9 Å². The number of nitrogens with zero attached hydrogens (tertiary/aromatic N) is 2. The van der Waals surface area contributed by atoms with Gasteiger partial charge in [-0.1, -0.05) is 29.8 Å². The van der Waals surface area contributed by atoms with E-state index in [1.807, 2.05) is 31.3 Å². The standard InChI is InChI=1S/C18H16ClN3O3/c1-22-13-6-4-3-5-11(13)9-14(22)18(24)21-20-10-12-7-8-15(25-2)17(23)16(12)19/h3-10,23H,1-2H3,(H,21,24)/b20-10+. The zero-order valence-corrected chi connectivity index (χ0v) is 14.4. The number of methoxy groups -OCH3 is 1. The summed E-state index contributed by atoms with van der Waals surface area (Å²) in [5, 5.41) is 14.9. The zero-order valence-electron chi connectivity index (χ0n) is 13.7. The number of aromatic hydroxyl groups is 1. The smallest absolute Gasteiger partial charge is 0.287 e. The molecule has 1 aromatic heterocycles. The lowest BCUT2D eigenvalue weighted by Gasteiger charge is -2.06. The van der Waals surface area contributed by atoms with Crippen molar-refractivity contribution in [3.63, 3.8) is 0 Å². The molecule has 0 unspecified atom stereocenters. The summed E-state index contributed by atoms with van der Waals surface area (Å²) in [7, 11) is 3.25. The third-order valence-electron chi connectivity index (χ3n) is 3.88. The van der Waals surface area contributed by atoms with Crippen molar-refractivity contribution in [2.75, 3.05) is 7.11 Å². The first-order chi connectivity index (χ1) is 12.0. The molecule has 0 spiro atoms. The Bertz CT molecular complexity index is 979. The number of para-hydroxylation sites is 1. The van der Waals surface area contributed by atoms with E-state index in [9.17, 15) is 9.90 Å². The quantitative estimate of drug-likeness (QED) is 0.555. The Hall–Kier alpha value is -2.99. The largest absolute Gasteiger partial charge is 0.503 e. The van der Waals surface area contributed by atoms with Gasteiger partial charge in [-0.3, -0.25) is 4.79 Å². The van der Waals surface area contributed by atoms with E-state index in [2.05, 4.69) is 10.5 Å². The predicted octanol–water partition coefficient (Wildman–Crippen LogP) is 3.31. The van der Waals surface area contributed by atoms with Gasteiger partial charge in [-0.05, 0) is 24.3 Å². The van der Waals surface area contributed by atoms with Gasteiger partial charge in [-0.25, -0.2) is 5.43 Å². The summed E-state index contributed by atoms with van der Waals surface area (Å²) in [5.41, 5.74) is 4.36. The van der Waals surface area contributed by atoms with Gasteiger partial charge in [0.2, 0.25) is 0 Å². The van der Waals surface area contributed by atoms with Crippen LogP contribution in [0, 0.1) is 0 Å². The number of rotatable bonds is 4. The number of hydrazone groups is 1. The molecule has 1 heterocycles. The normalized spacial score (nSPS) is 11.2. The SMILES string of the molecule is COc1ccc(/C=N/NC(=O)c2cc3ccccc3n2C)c(Cl)c1O. The molecular weight excluding hydrogens is 342 g/mol. The second-order valence-electron chi connectivity index (χ2n) is 5.37. The summed E-state index contributed by atoms with van der Waals surface area (Å²) in [6.45, 7) is 0. The summed E-state index contributed by atoms with van der Waals surface area (Å²) in [6, 6.07) is 12.7. The number of phenols is 1. The van der Waals surface area contributed by atoms with Crippen LogP contribution < -0.4 is 10.2 Å². The highest BCUT2D eigenvalue weighted by molar-refractivity contribution is 6.34. The van der Waals surface area contributed by atoms with Gasteiger partial charge in [0.25, 0.3) is 5.91 Å². The van der Waals surface area contributed by atoms with Crippen LogP contribution in [0.5, 0.6) is 11.5 Å². The first-order valence-electron chi connectivity index (χ1n) is 7.46. The molecule has 7 heteroatoms. The third kappa shape index (κ3) is 3.16. The molecule has 2 aromatic carbocycles. The Morgan fingerprint density at radius 3 is 2.80 bits per heavy atom. The van der Waals surface area contributed by atoms with Crippen molar-refractivity contribution in [3.8, 4) is 11.5 Å². The van der Waals surface area contributed by atoms with E-state index in [1.54, 1.807) is 22.8 Å². The number of phenolic OH excluding ortho intramolecular Hbond substituents is 1. The average Bonchev–Trinajstić information content (AvgIpc) is 2.96. The maximum atomic E-state index is 12.3. The lowest BCUT2D eigenvalue weighted by molar-refractivity contribution is 0.0947. The number of carbonyl (C=O) groups is 1. The maximum absolute atomic E-state index is 12.3. The maximum Gasteiger partial charge on any atom is 0.287 e. The van der Waals surface area contributed by atoms with E-state index in [4.69, 9.17) is 16.3 Å². The predicted molar refractivity (Wildman–Crippen MR) is 97.6 cm³/mol. The van der Waals surface area contributed by atoms with Crippen LogP contribution in [-0.4, -0.2) is 28.9 Å². The first kappa shape index (κ1) is 16.9. The van der Waals surface area contributed by atoms with Gasteiger partial charge in [0.05, 0.1) is 18.3 Å². The Morgan fingerprint density at radius 2 is 2.08 bits per heavy atom. The molecule has 0 aliphatic heterocycles. The van der Waals surface area contributed by atoms with Crippen molar-refractivity contribution in [2.24, 2.45) is 12.1 Å². The van der Waals surface area contributed by atoms with Crippen LogP contribution in [-0.2, 0) is 7.05 Å². The minimum Gasteiger partial charge on any atom is -0.503 e. The molecule has 0 aliphatic carbocycles. The second-order valence-corrected chi connectivity index (χ2v) is 5.74. The molecule has 0 radical (unpaired) electrons. The van der Waals surface area contributed by atoms with Crippen molar-refractivity contribution < 1.29 is 14.6 Å². The van der Waals surface area contributed by atoms with Crippen LogP contribution in [0.3, 0.4) is 0 Å². The lowest BCUT2D eigenvalue weighted by atomic mass is 10.2.